The van der Waals surface area contributed by atoms with E-state index >= 15 is 0 Å². The van der Waals surface area contributed by atoms with E-state index in [1.807, 2.05) is 11.8 Å². The first-order valence-corrected chi connectivity index (χ1v) is 13.5. The maximum atomic E-state index is 13.4. The maximum Gasteiger partial charge on any atom is 0.310 e. The van der Waals surface area contributed by atoms with Crippen LogP contribution in [0.3, 0.4) is 0 Å². The lowest BCUT2D eigenvalue weighted by atomic mass is 9.63. The Bertz CT molecular complexity index is 1330. The summed E-state index contributed by atoms with van der Waals surface area (Å²) in [4.78, 5) is 13.4. The van der Waals surface area contributed by atoms with Crippen molar-refractivity contribution in [1.82, 2.24) is 0 Å². The second kappa shape index (κ2) is 8.56. The molecule has 1 fully saturated rings. The number of benzene rings is 3. The topological polar surface area (TPSA) is 54.0 Å². The molecular weight excluding hydrogens is 480 g/mol. The number of carbonyl (C=O) groups excluding carboxylic acids is 1. The third-order valence-electron chi connectivity index (χ3n) is 7.86. The Balaban J connectivity index is 1.82. The number of rotatable bonds is 7. The van der Waals surface area contributed by atoms with E-state index in [9.17, 15) is 4.79 Å². The van der Waals surface area contributed by atoms with E-state index in [-0.39, 0.29) is 23.7 Å². The molecule has 0 amide bonds. The summed E-state index contributed by atoms with van der Waals surface area (Å²) in [6.07, 6.45) is 0.952. The zero-order chi connectivity index (χ0) is 24.3. The summed E-state index contributed by atoms with van der Waals surface area (Å²) in [6.45, 7) is 0.384. The molecule has 7 rings (SSSR count). The van der Waals surface area contributed by atoms with Crippen molar-refractivity contribution in [3.8, 4) is 17.2 Å². The molecule has 7 heteroatoms. The van der Waals surface area contributed by atoms with Gasteiger partial charge in [0, 0.05) is 17.4 Å². The van der Waals surface area contributed by atoms with Crippen molar-refractivity contribution in [3.63, 3.8) is 0 Å². The molecule has 1 aliphatic heterocycles. The Morgan fingerprint density at radius 1 is 1.06 bits per heavy atom. The zero-order valence-electron chi connectivity index (χ0n) is 20.0. The summed E-state index contributed by atoms with van der Waals surface area (Å²) in [5.41, 5.74) is 4.52. The van der Waals surface area contributed by atoms with Crippen LogP contribution in [0.15, 0.2) is 42.5 Å². The number of ether oxygens (including phenoxy) is 4. The number of hydrogen-bond acceptors (Lipinski definition) is 7. The third kappa shape index (κ3) is 2.94. The molecule has 1 heterocycles. The number of methoxy groups -OCH3 is 3. The first-order valence-electron chi connectivity index (χ1n) is 11.9. The fourth-order valence-electron chi connectivity index (χ4n) is 6.65. The molecule has 0 spiro atoms. The standard InChI is InChI=1S/C28H28O5S2/c1-30-20-13-17-22-16-9-4-7-15-8-5-10-18(21(15)16)28(35-12-6-11-34,19-14-33-27(29)23(19)22)24(17)26(32-3)25(20)31-2/h4-5,7-10,13,19,22-23,34H,6,11-12,14H2,1-3H3/t19-,22+,23+,28-/m1/s1. The van der Waals surface area contributed by atoms with Gasteiger partial charge in [-0.05, 0) is 51.5 Å². The third-order valence-corrected chi connectivity index (χ3v) is 9.85. The van der Waals surface area contributed by atoms with Crippen LogP contribution < -0.4 is 14.2 Å². The molecule has 0 unspecified atom stereocenters. The lowest BCUT2D eigenvalue weighted by Crippen LogP contribution is -2.44. The van der Waals surface area contributed by atoms with Crippen molar-refractivity contribution in [2.75, 3.05) is 39.4 Å². The number of hydrogen-bond donors (Lipinski definition) is 1. The van der Waals surface area contributed by atoms with Crippen LogP contribution >= 0.6 is 24.4 Å². The highest BCUT2D eigenvalue weighted by molar-refractivity contribution is 8.00. The smallest absolute Gasteiger partial charge is 0.310 e. The Kier molecular flexibility index (Phi) is 5.60. The van der Waals surface area contributed by atoms with Crippen LogP contribution in [0.25, 0.3) is 10.8 Å². The van der Waals surface area contributed by atoms with E-state index in [0.29, 0.717) is 23.9 Å². The van der Waals surface area contributed by atoms with E-state index < -0.39 is 4.75 Å². The number of carbonyl (C=O) groups is 1. The average Bonchev–Trinajstić information content (AvgIpc) is 3.19. The number of thiol groups is 1. The molecule has 3 aromatic carbocycles. The largest absolute Gasteiger partial charge is 0.493 e. The van der Waals surface area contributed by atoms with Gasteiger partial charge in [-0.1, -0.05) is 36.4 Å². The summed E-state index contributed by atoms with van der Waals surface area (Å²) in [5, 5.41) is 2.42. The van der Waals surface area contributed by atoms with Gasteiger partial charge >= 0.3 is 5.97 Å². The van der Waals surface area contributed by atoms with Crippen molar-refractivity contribution in [1.29, 1.82) is 0 Å². The predicted molar refractivity (Wildman–Crippen MR) is 142 cm³/mol. The Labute approximate surface area is 214 Å². The minimum Gasteiger partial charge on any atom is -0.493 e. The molecule has 2 bridgehead atoms. The molecule has 3 aromatic rings. The Hall–Kier alpha value is -2.51. The van der Waals surface area contributed by atoms with Crippen LogP contribution in [0.4, 0.5) is 0 Å². The minimum atomic E-state index is -0.553. The van der Waals surface area contributed by atoms with Crippen LogP contribution in [0.2, 0.25) is 0 Å². The van der Waals surface area contributed by atoms with Gasteiger partial charge in [0.25, 0.3) is 0 Å². The molecule has 4 aliphatic rings. The fraction of sp³-hybridized carbons (Fsp3) is 0.393. The van der Waals surface area contributed by atoms with Crippen LogP contribution in [-0.4, -0.2) is 45.4 Å². The first kappa shape index (κ1) is 22.9. The second-order valence-corrected chi connectivity index (χ2v) is 11.0. The van der Waals surface area contributed by atoms with E-state index in [0.717, 1.165) is 34.6 Å². The van der Waals surface area contributed by atoms with Gasteiger partial charge in [0.1, 0.15) is 0 Å². The predicted octanol–water partition coefficient (Wildman–Crippen LogP) is 5.41. The second-order valence-electron chi connectivity index (χ2n) is 9.26. The molecular formula is C28H28O5S2. The fourth-order valence-corrected chi connectivity index (χ4v) is 8.74. The molecule has 0 radical (unpaired) electrons. The lowest BCUT2D eigenvalue weighted by Gasteiger charge is -2.46. The van der Waals surface area contributed by atoms with Crippen molar-refractivity contribution < 1.29 is 23.7 Å². The Morgan fingerprint density at radius 3 is 2.54 bits per heavy atom. The number of esters is 1. The SMILES string of the molecule is COc1cc2c(c(OC)c1OC)[C@@]1(SCCCS)c3cccc4cccc(c34)[C@@H]2[C@H]2C(=O)OC[C@H]21. The van der Waals surface area contributed by atoms with Crippen LogP contribution in [0, 0.1) is 11.8 Å². The van der Waals surface area contributed by atoms with Crippen molar-refractivity contribution >= 4 is 41.1 Å². The highest BCUT2D eigenvalue weighted by atomic mass is 32.2. The highest BCUT2D eigenvalue weighted by Gasteiger charge is 2.63. The monoisotopic (exact) mass is 508 g/mol. The molecule has 3 aliphatic carbocycles. The van der Waals surface area contributed by atoms with Crippen LogP contribution in [-0.2, 0) is 14.3 Å². The van der Waals surface area contributed by atoms with Crippen molar-refractivity contribution in [3.05, 3.63) is 64.7 Å². The molecule has 0 aromatic heterocycles. The summed E-state index contributed by atoms with van der Waals surface area (Å²) in [5.74, 6) is 2.93. The summed E-state index contributed by atoms with van der Waals surface area (Å²) < 4.78 is 23.0. The molecule has 182 valence electrons. The van der Waals surface area contributed by atoms with Gasteiger partial charge in [-0.15, -0.1) is 11.8 Å². The van der Waals surface area contributed by atoms with Gasteiger partial charge < -0.3 is 18.9 Å². The van der Waals surface area contributed by atoms with Gasteiger partial charge in [0.15, 0.2) is 11.5 Å². The van der Waals surface area contributed by atoms with Gasteiger partial charge in [-0.3, -0.25) is 4.79 Å². The van der Waals surface area contributed by atoms with Gasteiger partial charge in [0.05, 0.1) is 38.6 Å². The van der Waals surface area contributed by atoms with Crippen molar-refractivity contribution in [2.45, 2.75) is 17.1 Å². The van der Waals surface area contributed by atoms with Gasteiger partial charge in [-0.2, -0.15) is 12.6 Å². The first-order chi connectivity index (χ1) is 17.1. The van der Waals surface area contributed by atoms with E-state index in [1.54, 1.807) is 21.3 Å². The molecule has 0 saturated carbocycles. The normalized spacial score (nSPS) is 25.6. The molecule has 0 N–H and O–H groups in total. The van der Waals surface area contributed by atoms with E-state index in [4.69, 9.17) is 18.9 Å². The minimum absolute atomic E-state index is 0.0394. The molecule has 1 saturated heterocycles. The molecule has 4 atom stereocenters. The quantitative estimate of drug-likeness (QED) is 0.262. The molecule has 5 nitrogen and oxygen atoms in total. The average molecular weight is 509 g/mol. The highest BCUT2D eigenvalue weighted by Crippen LogP contribution is 2.69. The van der Waals surface area contributed by atoms with Gasteiger partial charge in [-0.25, -0.2) is 0 Å². The van der Waals surface area contributed by atoms with Crippen LogP contribution in [0.5, 0.6) is 17.2 Å². The Morgan fingerprint density at radius 2 is 1.83 bits per heavy atom. The van der Waals surface area contributed by atoms with E-state index in [2.05, 4.69) is 55.1 Å². The summed E-state index contributed by atoms with van der Waals surface area (Å²) in [7, 11) is 4.96. The van der Waals surface area contributed by atoms with E-state index in [1.165, 1.54) is 16.3 Å². The van der Waals surface area contributed by atoms with Gasteiger partial charge in [0.2, 0.25) is 5.75 Å². The number of cyclic esters (lactones) is 1. The lowest BCUT2D eigenvalue weighted by molar-refractivity contribution is -0.141. The summed E-state index contributed by atoms with van der Waals surface area (Å²) >= 11 is 6.37. The number of thioether (sulfide) groups is 1. The zero-order valence-corrected chi connectivity index (χ0v) is 21.7. The molecule has 35 heavy (non-hydrogen) atoms. The van der Waals surface area contributed by atoms with Crippen molar-refractivity contribution in [2.24, 2.45) is 11.8 Å². The maximum absolute atomic E-state index is 13.4. The summed E-state index contributed by atoms with van der Waals surface area (Å²) in [6, 6.07) is 15.0. The van der Waals surface area contributed by atoms with Crippen LogP contribution in [0.1, 0.15) is 34.6 Å².